The normalized spacial score (nSPS) is 22.6. The number of anilines is 1. The number of aromatic nitrogens is 2. The van der Waals surface area contributed by atoms with Crippen molar-refractivity contribution < 1.29 is 14.4 Å². The minimum atomic E-state index is -0.907. The van der Waals surface area contributed by atoms with Crippen LogP contribution in [0.5, 0.6) is 0 Å². The largest absolute Gasteiger partial charge is 0.381 e. The molecule has 0 saturated carbocycles. The zero-order chi connectivity index (χ0) is 17.0. The zero-order valence-corrected chi connectivity index (χ0v) is 14.5. The summed E-state index contributed by atoms with van der Waals surface area (Å²) in [5.74, 6) is -1.46. The Bertz CT molecular complexity index is 887. The van der Waals surface area contributed by atoms with E-state index in [1.165, 1.54) is 4.90 Å². The third kappa shape index (κ3) is 2.02. The van der Waals surface area contributed by atoms with Crippen LogP contribution in [0.15, 0.2) is 40.1 Å². The number of fused-ring (bicyclic) bond motifs is 1. The maximum atomic E-state index is 12.9. The highest BCUT2D eigenvalue weighted by Crippen LogP contribution is 2.35. The Kier molecular flexibility index (Phi) is 3.31. The molecule has 2 atom stereocenters. The van der Waals surface area contributed by atoms with Gasteiger partial charge >= 0.3 is 0 Å². The van der Waals surface area contributed by atoms with E-state index < -0.39 is 17.9 Å². The van der Waals surface area contributed by atoms with Gasteiger partial charge in [0.2, 0.25) is 12.0 Å². The molecule has 0 N–H and O–H groups in total. The van der Waals surface area contributed by atoms with Crippen LogP contribution in [0, 0.1) is 12.8 Å². The van der Waals surface area contributed by atoms with Crippen LogP contribution in [0.4, 0.5) is 5.69 Å². The number of oxime groups is 1. The summed E-state index contributed by atoms with van der Waals surface area (Å²) in [6, 6.07) is 7.00. The first kappa shape index (κ1) is 15.1. The summed E-state index contributed by atoms with van der Waals surface area (Å²) in [4.78, 5) is 32.0. The van der Waals surface area contributed by atoms with Crippen LogP contribution < -0.4 is 4.90 Å². The summed E-state index contributed by atoms with van der Waals surface area (Å²) in [7, 11) is 1.81. The number of halogens is 1. The van der Waals surface area contributed by atoms with Gasteiger partial charge in [-0.15, -0.1) is 0 Å². The number of benzene rings is 1. The Morgan fingerprint density at radius 2 is 1.88 bits per heavy atom. The SMILES string of the molecule is Cc1c(C2=NO[C@H]3C(=O)N(c4ccc(Br)cc4)C(=O)[C@@H]23)cnn1C. The van der Waals surface area contributed by atoms with E-state index in [1.807, 2.05) is 14.0 Å². The number of carbonyl (C=O) groups is 2. The molecule has 3 heterocycles. The molecule has 4 rings (SSSR count). The van der Waals surface area contributed by atoms with Crippen molar-refractivity contribution in [2.24, 2.45) is 18.1 Å². The molecule has 1 saturated heterocycles. The summed E-state index contributed by atoms with van der Waals surface area (Å²) in [6.45, 7) is 1.88. The van der Waals surface area contributed by atoms with Crippen molar-refractivity contribution >= 4 is 39.1 Å². The molecule has 1 aromatic heterocycles. The molecule has 2 aliphatic heterocycles. The van der Waals surface area contributed by atoms with E-state index in [1.54, 1.807) is 35.1 Å². The van der Waals surface area contributed by atoms with Crippen LogP contribution >= 0.6 is 15.9 Å². The van der Waals surface area contributed by atoms with Gasteiger partial charge in [0, 0.05) is 22.8 Å². The molecule has 1 aromatic carbocycles. The van der Waals surface area contributed by atoms with Crippen molar-refractivity contribution in [2.75, 3.05) is 4.90 Å². The number of aryl methyl sites for hydroxylation is 1. The summed E-state index contributed by atoms with van der Waals surface area (Å²) >= 11 is 3.34. The molecule has 2 aromatic rings. The zero-order valence-electron chi connectivity index (χ0n) is 12.9. The van der Waals surface area contributed by atoms with E-state index >= 15 is 0 Å². The lowest BCUT2D eigenvalue weighted by Crippen LogP contribution is -2.33. The fourth-order valence-corrected chi connectivity index (χ4v) is 3.26. The monoisotopic (exact) mass is 388 g/mol. The van der Waals surface area contributed by atoms with Gasteiger partial charge in [-0.05, 0) is 31.2 Å². The lowest BCUT2D eigenvalue weighted by Gasteiger charge is -2.15. The number of nitrogens with zero attached hydrogens (tertiary/aromatic N) is 4. The van der Waals surface area contributed by atoms with E-state index in [0.29, 0.717) is 11.4 Å². The lowest BCUT2D eigenvalue weighted by molar-refractivity contribution is -0.126. The molecule has 2 amide bonds. The highest BCUT2D eigenvalue weighted by molar-refractivity contribution is 9.10. The van der Waals surface area contributed by atoms with Gasteiger partial charge in [0.25, 0.3) is 5.91 Å². The van der Waals surface area contributed by atoms with Gasteiger partial charge in [-0.2, -0.15) is 5.10 Å². The highest BCUT2D eigenvalue weighted by Gasteiger charge is 2.56. The summed E-state index contributed by atoms with van der Waals surface area (Å²) in [5, 5.41) is 8.17. The fraction of sp³-hybridized carbons (Fsp3) is 0.250. The maximum Gasteiger partial charge on any atom is 0.278 e. The molecule has 24 heavy (non-hydrogen) atoms. The summed E-state index contributed by atoms with van der Waals surface area (Å²) < 4.78 is 2.56. The topological polar surface area (TPSA) is 76.8 Å². The van der Waals surface area contributed by atoms with Crippen LogP contribution in [0.3, 0.4) is 0 Å². The summed E-state index contributed by atoms with van der Waals surface area (Å²) in [5.41, 5.74) is 2.57. The highest BCUT2D eigenvalue weighted by atomic mass is 79.9. The molecule has 8 heteroatoms. The van der Waals surface area contributed by atoms with Crippen LogP contribution in [0.25, 0.3) is 0 Å². The Morgan fingerprint density at radius 1 is 1.17 bits per heavy atom. The average molecular weight is 389 g/mol. The molecule has 2 aliphatic rings. The van der Waals surface area contributed by atoms with Gasteiger partial charge in [0.15, 0.2) is 0 Å². The second-order valence-corrected chi connectivity index (χ2v) is 6.65. The van der Waals surface area contributed by atoms with Gasteiger partial charge in [0.1, 0.15) is 11.6 Å². The number of amides is 2. The van der Waals surface area contributed by atoms with Gasteiger partial charge < -0.3 is 4.84 Å². The lowest BCUT2D eigenvalue weighted by atomic mass is 9.94. The number of hydrogen-bond acceptors (Lipinski definition) is 5. The molecular formula is C16H13BrN4O3. The quantitative estimate of drug-likeness (QED) is 0.734. The molecular weight excluding hydrogens is 376 g/mol. The average Bonchev–Trinajstić information content (AvgIpc) is 3.20. The van der Waals surface area contributed by atoms with Crippen LogP contribution in [-0.4, -0.2) is 33.4 Å². The molecule has 0 aliphatic carbocycles. The standard InChI is InChI=1S/C16H13BrN4O3/c1-8-11(7-18-20(8)2)13-12-14(24-19-13)16(23)21(15(12)22)10-5-3-9(17)4-6-10/h3-7,12,14H,1-2H3/t12-,14+/m0/s1. The smallest absolute Gasteiger partial charge is 0.278 e. The molecule has 1 fully saturated rings. The maximum absolute atomic E-state index is 12.9. The third-order valence-electron chi connectivity index (χ3n) is 4.41. The minimum Gasteiger partial charge on any atom is -0.381 e. The predicted octanol–water partition coefficient (Wildman–Crippen LogP) is 1.78. The fourth-order valence-electron chi connectivity index (χ4n) is 3.00. The van der Waals surface area contributed by atoms with Gasteiger partial charge in [-0.25, -0.2) is 4.90 Å². The van der Waals surface area contributed by atoms with E-state index in [2.05, 4.69) is 26.2 Å². The Balaban J connectivity index is 1.72. The first-order chi connectivity index (χ1) is 11.5. The van der Waals surface area contributed by atoms with Crippen molar-refractivity contribution in [3.63, 3.8) is 0 Å². The van der Waals surface area contributed by atoms with Crippen molar-refractivity contribution in [1.82, 2.24) is 9.78 Å². The minimum absolute atomic E-state index is 0.327. The Labute approximate surface area is 146 Å². The number of rotatable bonds is 2. The number of imide groups is 1. The molecule has 7 nitrogen and oxygen atoms in total. The third-order valence-corrected chi connectivity index (χ3v) is 4.94. The Hall–Kier alpha value is -2.48. The summed E-state index contributed by atoms with van der Waals surface area (Å²) in [6.07, 6.45) is 0.732. The van der Waals surface area contributed by atoms with Crippen molar-refractivity contribution in [3.8, 4) is 0 Å². The second-order valence-electron chi connectivity index (χ2n) is 5.74. The first-order valence-electron chi connectivity index (χ1n) is 7.35. The van der Waals surface area contributed by atoms with Gasteiger partial charge in [0.05, 0.1) is 11.9 Å². The Morgan fingerprint density at radius 3 is 2.50 bits per heavy atom. The van der Waals surface area contributed by atoms with E-state index in [0.717, 1.165) is 15.7 Å². The van der Waals surface area contributed by atoms with Crippen LogP contribution in [-0.2, 0) is 21.5 Å². The molecule has 0 bridgehead atoms. The van der Waals surface area contributed by atoms with Gasteiger partial charge in [-0.1, -0.05) is 21.1 Å². The first-order valence-corrected chi connectivity index (χ1v) is 8.14. The van der Waals surface area contributed by atoms with E-state index in [-0.39, 0.29) is 5.91 Å². The van der Waals surface area contributed by atoms with Crippen LogP contribution in [0.1, 0.15) is 11.3 Å². The van der Waals surface area contributed by atoms with Crippen molar-refractivity contribution in [2.45, 2.75) is 13.0 Å². The van der Waals surface area contributed by atoms with E-state index in [4.69, 9.17) is 4.84 Å². The molecule has 0 radical (unpaired) electrons. The van der Waals surface area contributed by atoms with E-state index in [9.17, 15) is 9.59 Å². The van der Waals surface area contributed by atoms with Crippen LogP contribution in [0.2, 0.25) is 0 Å². The van der Waals surface area contributed by atoms with Crippen molar-refractivity contribution in [1.29, 1.82) is 0 Å². The second kappa shape index (κ2) is 5.27. The predicted molar refractivity (Wildman–Crippen MR) is 89.5 cm³/mol. The number of carbonyl (C=O) groups excluding carboxylic acids is 2. The number of hydrogen-bond donors (Lipinski definition) is 0. The van der Waals surface area contributed by atoms with Crippen molar-refractivity contribution in [3.05, 3.63) is 46.2 Å². The molecule has 0 unspecified atom stereocenters. The molecule has 0 spiro atoms. The van der Waals surface area contributed by atoms with Gasteiger partial charge in [-0.3, -0.25) is 14.3 Å². The molecule has 122 valence electrons.